The average Bonchev–Trinajstić information content (AvgIpc) is 3.20. The molecule has 1 aliphatic rings. The number of nitrogens with one attached hydrogen (secondary N) is 3. The van der Waals surface area contributed by atoms with Crippen LogP contribution >= 0.6 is 0 Å². The lowest BCUT2D eigenvalue weighted by Gasteiger charge is -2.19. The predicted molar refractivity (Wildman–Crippen MR) is 165 cm³/mol. The van der Waals surface area contributed by atoms with Crippen LogP contribution < -0.4 is 5.32 Å². The number of amides is 1. The number of rotatable bonds is 5. The summed E-state index contributed by atoms with van der Waals surface area (Å²) in [6.45, 7) is 18.2. The first-order chi connectivity index (χ1) is 18.6. The van der Waals surface area contributed by atoms with Gasteiger partial charge in [0.1, 0.15) is 5.84 Å². The monoisotopic (exact) mass is 521 g/mol. The van der Waals surface area contributed by atoms with Gasteiger partial charge in [-0.25, -0.2) is 9.98 Å². The normalized spacial score (nSPS) is 13.5. The molecule has 2 heterocycles. The van der Waals surface area contributed by atoms with Gasteiger partial charge in [-0.15, -0.1) is 0 Å². The zero-order valence-corrected chi connectivity index (χ0v) is 24.1. The number of aliphatic imine (C=N–C) groups is 1. The summed E-state index contributed by atoms with van der Waals surface area (Å²) < 4.78 is 0. The number of hydrogen-bond donors (Lipinski definition) is 3. The Morgan fingerprint density at radius 1 is 1.18 bits per heavy atom. The first-order valence-corrected chi connectivity index (χ1v) is 13.1. The van der Waals surface area contributed by atoms with Gasteiger partial charge in [-0.3, -0.25) is 10.2 Å². The molecule has 0 radical (unpaired) electrons. The van der Waals surface area contributed by atoms with Gasteiger partial charge >= 0.3 is 0 Å². The third-order valence-corrected chi connectivity index (χ3v) is 5.71. The molecule has 202 valence electrons. The van der Waals surface area contributed by atoms with Gasteiger partial charge < -0.3 is 10.3 Å². The van der Waals surface area contributed by atoms with Crippen LogP contribution in [0.2, 0.25) is 0 Å². The van der Waals surface area contributed by atoms with Gasteiger partial charge in [-0.05, 0) is 72.4 Å². The van der Waals surface area contributed by atoms with Gasteiger partial charge in [0.2, 0.25) is 0 Å². The minimum absolute atomic E-state index is 0.0130. The van der Waals surface area contributed by atoms with Crippen LogP contribution in [0, 0.1) is 17.3 Å². The summed E-state index contributed by atoms with van der Waals surface area (Å²) in [7, 11) is 0. The van der Waals surface area contributed by atoms with Gasteiger partial charge in [0, 0.05) is 11.8 Å². The molecule has 0 unspecified atom stereocenters. The number of imidazole rings is 1. The zero-order chi connectivity index (χ0) is 29.0. The van der Waals surface area contributed by atoms with Crippen molar-refractivity contribution >= 4 is 29.1 Å². The van der Waals surface area contributed by atoms with Crippen LogP contribution in [0.5, 0.6) is 0 Å². The van der Waals surface area contributed by atoms with E-state index in [0.29, 0.717) is 23.6 Å². The predicted octanol–water partition coefficient (Wildman–Crippen LogP) is 7.40. The van der Waals surface area contributed by atoms with Crippen LogP contribution in [-0.2, 0) is 5.41 Å². The Hall–Kier alpha value is -4.50. The fourth-order valence-corrected chi connectivity index (χ4v) is 3.83. The number of aromatic amines is 1. The second-order valence-electron chi connectivity index (χ2n) is 9.75. The molecule has 6 heteroatoms. The van der Waals surface area contributed by atoms with E-state index in [1.54, 1.807) is 12.3 Å². The fourth-order valence-electron chi connectivity index (χ4n) is 3.83. The third kappa shape index (κ3) is 8.79. The zero-order valence-electron chi connectivity index (χ0n) is 24.1. The average molecular weight is 522 g/mol. The molecule has 39 heavy (non-hydrogen) atoms. The maximum Gasteiger partial charge on any atom is 0.256 e. The molecule has 0 atom stereocenters. The summed E-state index contributed by atoms with van der Waals surface area (Å²) in [6.07, 6.45) is 12.8. The second kappa shape index (κ2) is 14.4. The van der Waals surface area contributed by atoms with Crippen molar-refractivity contribution in [3.63, 3.8) is 0 Å². The molecule has 3 N–H and O–H groups in total. The molecule has 0 aliphatic carbocycles. The highest BCUT2D eigenvalue weighted by molar-refractivity contribution is 6.12. The molecular weight excluding hydrogens is 482 g/mol. The number of benzene rings is 1. The smallest absolute Gasteiger partial charge is 0.256 e. The van der Waals surface area contributed by atoms with Crippen molar-refractivity contribution in [3.05, 3.63) is 101 Å². The SMILES string of the molecule is C=C/C=C(C)\C=C(/C)c1nc(C#CC=N)[nH]c1C1=CC(NC(=O)c2ccc(C(C)(C)C)cc2)=NC=CC1.CC. The highest BCUT2D eigenvalue weighted by atomic mass is 16.1. The molecule has 0 saturated carbocycles. The molecule has 2 aromatic rings. The van der Waals surface area contributed by atoms with Crippen LogP contribution in [0.4, 0.5) is 0 Å². The van der Waals surface area contributed by atoms with E-state index in [4.69, 9.17) is 5.41 Å². The number of H-pyrrole nitrogens is 1. The van der Waals surface area contributed by atoms with Gasteiger partial charge in [0.05, 0.1) is 17.6 Å². The summed E-state index contributed by atoms with van der Waals surface area (Å²) in [6, 6.07) is 7.64. The van der Waals surface area contributed by atoms with Crippen molar-refractivity contribution in [2.45, 2.75) is 60.3 Å². The van der Waals surface area contributed by atoms with Crippen LogP contribution in [0.3, 0.4) is 0 Å². The molecule has 6 nitrogen and oxygen atoms in total. The maximum atomic E-state index is 13.0. The number of hydrogen-bond acceptors (Lipinski definition) is 4. The van der Waals surface area contributed by atoms with Gasteiger partial charge in [-0.2, -0.15) is 0 Å². The molecule has 1 aromatic carbocycles. The van der Waals surface area contributed by atoms with E-state index in [2.05, 4.69) is 59.5 Å². The third-order valence-electron chi connectivity index (χ3n) is 5.71. The molecule has 0 fully saturated rings. The highest BCUT2D eigenvalue weighted by Gasteiger charge is 2.18. The lowest BCUT2D eigenvalue weighted by Crippen LogP contribution is -2.29. The van der Waals surface area contributed by atoms with Crippen molar-refractivity contribution in [1.82, 2.24) is 15.3 Å². The van der Waals surface area contributed by atoms with E-state index in [1.807, 2.05) is 76.3 Å². The van der Waals surface area contributed by atoms with Crippen LogP contribution in [0.15, 0.2) is 78.0 Å². The van der Waals surface area contributed by atoms with E-state index in [0.717, 1.165) is 39.9 Å². The van der Waals surface area contributed by atoms with E-state index in [1.165, 1.54) is 0 Å². The van der Waals surface area contributed by atoms with Gasteiger partial charge in [0.15, 0.2) is 5.82 Å². The highest BCUT2D eigenvalue weighted by Crippen LogP contribution is 2.28. The Morgan fingerprint density at radius 3 is 2.49 bits per heavy atom. The van der Waals surface area contributed by atoms with Gasteiger partial charge in [-0.1, -0.05) is 83.2 Å². The van der Waals surface area contributed by atoms with E-state index in [-0.39, 0.29) is 11.3 Å². The number of carbonyl (C=O) groups is 1. The number of aromatic nitrogens is 2. The van der Waals surface area contributed by atoms with Crippen molar-refractivity contribution in [1.29, 1.82) is 5.41 Å². The summed E-state index contributed by atoms with van der Waals surface area (Å²) in [5.41, 5.74) is 6.16. The Balaban J connectivity index is 0.00000260. The van der Waals surface area contributed by atoms with Crippen LogP contribution in [0.25, 0.3) is 11.1 Å². The molecule has 1 amide bonds. The van der Waals surface area contributed by atoms with Gasteiger partial charge in [0.25, 0.3) is 5.91 Å². The molecule has 0 saturated heterocycles. The maximum absolute atomic E-state index is 13.0. The largest absolute Gasteiger partial charge is 0.331 e. The Bertz CT molecular complexity index is 1410. The standard InChI is InChI=1S/C31H33N5O.C2H6/c1-7-10-21(2)19-22(3)28-29(35-26(34-28)12-8-17-32)24-11-9-18-33-27(20-24)36-30(37)23-13-15-25(16-14-23)31(4,5)6;1-2/h7,9-10,13-20,32H,1,11H2,2-6H3,(H,34,35)(H,33,36,37);1-2H3/b21-10-,22-19+,32-17?;. The van der Waals surface area contributed by atoms with E-state index >= 15 is 0 Å². The van der Waals surface area contributed by atoms with Crippen LogP contribution in [-0.4, -0.2) is 27.9 Å². The molecule has 3 rings (SSSR count). The van der Waals surface area contributed by atoms with E-state index < -0.39 is 0 Å². The van der Waals surface area contributed by atoms with Crippen LogP contribution in [0.1, 0.15) is 88.0 Å². The first kappa shape index (κ1) is 30.7. The lowest BCUT2D eigenvalue weighted by molar-refractivity contribution is 0.0977. The molecule has 1 aliphatic heterocycles. The van der Waals surface area contributed by atoms with Crippen molar-refractivity contribution in [2.24, 2.45) is 4.99 Å². The molecule has 0 bridgehead atoms. The summed E-state index contributed by atoms with van der Waals surface area (Å²) in [4.78, 5) is 25.4. The van der Waals surface area contributed by atoms with Crippen molar-refractivity contribution < 1.29 is 4.79 Å². The molecule has 0 spiro atoms. The topological polar surface area (TPSA) is 94.0 Å². The van der Waals surface area contributed by atoms with Crippen molar-refractivity contribution in [3.8, 4) is 11.8 Å². The minimum atomic E-state index is -0.228. The first-order valence-electron chi connectivity index (χ1n) is 13.1. The number of nitrogens with zero attached hydrogens (tertiary/aromatic N) is 2. The second-order valence-corrected chi connectivity index (χ2v) is 9.75. The Labute approximate surface area is 233 Å². The van der Waals surface area contributed by atoms with Crippen molar-refractivity contribution in [2.75, 3.05) is 0 Å². The lowest BCUT2D eigenvalue weighted by atomic mass is 9.87. The Morgan fingerprint density at radius 2 is 1.87 bits per heavy atom. The number of amidine groups is 1. The number of allylic oxidation sites excluding steroid dienone is 7. The number of carbonyl (C=O) groups excluding carboxylic acids is 1. The Kier molecular flexibility index (Phi) is 11.4. The minimum Gasteiger partial charge on any atom is -0.331 e. The fraction of sp³-hybridized carbons (Fsp3) is 0.273. The summed E-state index contributed by atoms with van der Waals surface area (Å²) >= 11 is 0. The quantitative estimate of drug-likeness (QED) is 0.217. The molecule has 1 aromatic heterocycles. The summed E-state index contributed by atoms with van der Waals surface area (Å²) in [5, 5.41) is 10.1. The summed E-state index contributed by atoms with van der Waals surface area (Å²) in [5.74, 6) is 6.15. The van der Waals surface area contributed by atoms with E-state index in [9.17, 15) is 4.79 Å². The molecular formula is C33H39N5O.